The van der Waals surface area contributed by atoms with Crippen molar-refractivity contribution in [3.63, 3.8) is 0 Å². The molecule has 1 aliphatic heterocycles. The highest BCUT2D eigenvalue weighted by molar-refractivity contribution is 5.18. The Bertz CT molecular complexity index is 289. The lowest BCUT2D eigenvalue weighted by Crippen LogP contribution is -2.01. The van der Waals surface area contributed by atoms with Crippen LogP contribution < -0.4 is 0 Å². The third kappa shape index (κ3) is 1.59. The van der Waals surface area contributed by atoms with Crippen LogP contribution >= 0.6 is 0 Å². The molecule has 0 fully saturated rings. The van der Waals surface area contributed by atoms with E-state index >= 15 is 0 Å². The van der Waals surface area contributed by atoms with E-state index in [4.69, 9.17) is 0 Å². The molecule has 2 rings (SSSR count). The highest BCUT2D eigenvalue weighted by Gasteiger charge is 2.06. The molecule has 0 saturated heterocycles. The summed E-state index contributed by atoms with van der Waals surface area (Å²) in [5, 5.41) is 7.85. The zero-order chi connectivity index (χ0) is 8.23. The molecule has 0 amide bonds. The van der Waals surface area contributed by atoms with E-state index in [0.717, 1.165) is 6.42 Å². The molecule has 1 heterocycles. The maximum absolute atomic E-state index is 4.04. The fourth-order valence-electron chi connectivity index (χ4n) is 1.26. The van der Waals surface area contributed by atoms with E-state index < -0.39 is 0 Å². The van der Waals surface area contributed by atoms with Gasteiger partial charge in [0.2, 0.25) is 0 Å². The Morgan fingerprint density at radius 1 is 1.17 bits per heavy atom. The molecule has 0 aromatic heterocycles. The van der Waals surface area contributed by atoms with Crippen molar-refractivity contribution >= 4 is 0 Å². The van der Waals surface area contributed by atoms with Gasteiger partial charge in [-0.05, 0) is 11.6 Å². The second kappa shape index (κ2) is 3.30. The number of benzene rings is 1. The summed E-state index contributed by atoms with van der Waals surface area (Å²) in [5.74, 6) is 0. The van der Waals surface area contributed by atoms with Gasteiger partial charge in [-0.25, -0.2) is 0 Å². The molecular formula is C10H10N2. The first-order chi connectivity index (χ1) is 5.95. The van der Waals surface area contributed by atoms with Crippen LogP contribution in [0.1, 0.15) is 5.56 Å². The van der Waals surface area contributed by atoms with Gasteiger partial charge in [-0.1, -0.05) is 30.3 Å². The molecule has 0 radical (unpaired) electrons. The molecule has 12 heavy (non-hydrogen) atoms. The Morgan fingerprint density at radius 2 is 2.00 bits per heavy atom. The highest BCUT2D eigenvalue weighted by Crippen LogP contribution is 2.10. The van der Waals surface area contributed by atoms with Crippen LogP contribution in [0.15, 0.2) is 52.8 Å². The maximum Gasteiger partial charge on any atom is 0.0951 e. The second-order valence-corrected chi connectivity index (χ2v) is 2.83. The van der Waals surface area contributed by atoms with Crippen molar-refractivity contribution in [1.29, 1.82) is 0 Å². The Morgan fingerprint density at radius 3 is 2.67 bits per heavy atom. The monoisotopic (exact) mass is 158 g/mol. The molecule has 1 atom stereocenters. The van der Waals surface area contributed by atoms with Crippen LogP contribution in [0.5, 0.6) is 0 Å². The fourth-order valence-corrected chi connectivity index (χ4v) is 1.26. The summed E-state index contributed by atoms with van der Waals surface area (Å²) in [4.78, 5) is 0. The van der Waals surface area contributed by atoms with E-state index in [1.807, 2.05) is 24.3 Å². The molecule has 0 spiro atoms. The lowest BCUT2D eigenvalue weighted by Gasteiger charge is -2.01. The van der Waals surface area contributed by atoms with Crippen molar-refractivity contribution in [2.45, 2.75) is 12.5 Å². The lowest BCUT2D eigenvalue weighted by atomic mass is 10.1. The van der Waals surface area contributed by atoms with E-state index in [0.29, 0.717) is 0 Å². The van der Waals surface area contributed by atoms with Gasteiger partial charge in [0.25, 0.3) is 0 Å². The molecular weight excluding hydrogens is 148 g/mol. The van der Waals surface area contributed by atoms with Gasteiger partial charge in [-0.3, -0.25) is 0 Å². The molecule has 2 nitrogen and oxygen atoms in total. The fraction of sp³-hybridized carbons (Fsp3) is 0.200. The Kier molecular flexibility index (Phi) is 1.99. The predicted molar refractivity (Wildman–Crippen MR) is 47.9 cm³/mol. The van der Waals surface area contributed by atoms with Gasteiger partial charge >= 0.3 is 0 Å². The van der Waals surface area contributed by atoms with Gasteiger partial charge in [0.15, 0.2) is 0 Å². The van der Waals surface area contributed by atoms with E-state index in [2.05, 4.69) is 22.4 Å². The number of nitrogens with zero attached hydrogens (tertiary/aromatic N) is 2. The quantitative estimate of drug-likeness (QED) is 0.632. The molecule has 0 aliphatic carbocycles. The molecule has 60 valence electrons. The average Bonchev–Trinajstić information content (AvgIpc) is 2.59. The Hall–Kier alpha value is -1.44. The summed E-state index contributed by atoms with van der Waals surface area (Å²) < 4.78 is 0. The predicted octanol–water partition coefficient (Wildman–Crippen LogP) is 2.58. The molecule has 0 N–H and O–H groups in total. The van der Waals surface area contributed by atoms with Crippen molar-refractivity contribution in [1.82, 2.24) is 0 Å². The van der Waals surface area contributed by atoms with Gasteiger partial charge in [-0.15, -0.1) is 0 Å². The van der Waals surface area contributed by atoms with Crippen LogP contribution in [-0.4, -0.2) is 6.04 Å². The van der Waals surface area contributed by atoms with Gasteiger partial charge < -0.3 is 0 Å². The SMILES string of the molecule is C1=CC(Cc2ccccc2)N=N1. The first kappa shape index (κ1) is 7.22. The minimum Gasteiger partial charge on any atom is -0.181 e. The second-order valence-electron chi connectivity index (χ2n) is 2.83. The van der Waals surface area contributed by atoms with Crippen molar-refractivity contribution in [3.05, 3.63) is 48.2 Å². The normalized spacial score (nSPS) is 20.2. The number of hydrogen-bond acceptors (Lipinski definition) is 2. The first-order valence-electron chi connectivity index (χ1n) is 4.06. The molecule has 1 aliphatic rings. The Labute approximate surface area is 71.6 Å². The van der Waals surface area contributed by atoms with Crippen molar-refractivity contribution in [2.75, 3.05) is 0 Å². The van der Waals surface area contributed by atoms with Crippen LogP contribution in [-0.2, 0) is 6.42 Å². The van der Waals surface area contributed by atoms with Crippen LogP contribution in [0.4, 0.5) is 0 Å². The Balaban J connectivity index is 2.04. The number of hydrogen-bond donors (Lipinski definition) is 0. The largest absolute Gasteiger partial charge is 0.181 e. The molecule has 1 aromatic rings. The average molecular weight is 158 g/mol. The van der Waals surface area contributed by atoms with E-state index in [-0.39, 0.29) is 6.04 Å². The molecule has 1 aromatic carbocycles. The third-order valence-corrected chi connectivity index (χ3v) is 1.88. The van der Waals surface area contributed by atoms with Crippen molar-refractivity contribution in [3.8, 4) is 0 Å². The van der Waals surface area contributed by atoms with Crippen LogP contribution in [0.3, 0.4) is 0 Å². The van der Waals surface area contributed by atoms with E-state index in [9.17, 15) is 0 Å². The topological polar surface area (TPSA) is 24.7 Å². The van der Waals surface area contributed by atoms with Crippen LogP contribution in [0.2, 0.25) is 0 Å². The smallest absolute Gasteiger partial charge is 0.0951 e. The summed E-state index contributed by atoms with van der Waals surface area (Å²) in [7, 11) is 0. The van der Waals surface area contributed by atoms with E-state index in [1.165, 1.54) is 5.56 Å². The van der Waals surface area contributed by atoms with Crippen LogP contribution in [0.25, 0.3) is 0 Å². The highest BCUT2D eigenvalue weighted by atomic mass is 15.1. The first-order valence-corrected chi connectivity index (χ1v) is 4.06. The van der Waals surface area contributed by atoms with Crippen LogP contribution in [0, 0.1) is 0 Å². The van der Waals surface area contributed by atoms with Crippen molar-refractivity contribution < 1.29 is 0 Å². The molecule has 0 saturated carbocycles. The van der Waals surface area contributed by atoms with Crippen molar-refractivity contribution in [2.24, 2.45) is 10.2 Å². The third-order valence-electron chi connectivity index (χ3n) is 1.88. The maximum atomic E-state index is 4.04. The molecule has 0 bridgehead atoms. The summed E-state index contributed by atoms with van der Waals surface area (Å²) in [5.41, 5.74) is 1.31. The zero-order valence-corrected chi connectivity index (χ0v) is 6.72. The zero-order valence-electron chi connectivity index (χ0n) is 6.72. The summed E-state index contributed by atoms with van der Waals surface area (Å²) in [6.45, 7) is 0. The van der Waals surface area contributed by atoms with Gasteiger partial charge in [0, 0.05) is 12.6 Å². The van der Waals surface area contributed by atoms with Gasteiger partial charge in [0.05, 0.1) is 6.04 Å². The van der Waals surface area contributed by atoms with Gasteiger partial charge in [-0.2, -0.15) is 10.2 Å². The summed E-state index contributed by atoms with van der Waals surface area (Å²) >= 11 is 0. The minimum atomic E-state index is 0.257. The number of rotatable bonds is 2. The van der Waals surface area contributed by atoms with E-state index in [1.54, 1.807) is 6.20 Å². The molecule has 2 heteroatoms. The van der Waals surface area contributed by atoms with Gasteiger partial charge in [0.1, 0.15) is 0 Å². The summed E-state index contributed by atoms with van der Waals surface area (Å²) in [6, 6.07) is 10.6. The summed E-state index contributed by atoms with van der Waals surface area (Å²) in [6.07, 6.45) is 4.74. The number of azo groups is 1. The minimum absolute atomic E-state index is 0.257. The lowest BCUT2D eigenvalue weighted by molar-refractivity contribution is 0.793. The standard InChI is InChI=1S/C10H10N2/c1-2-4-9(5-3-1)8-10-6-7-11-12-10/h1-7,10H,8H2. The molecule has 1 unspecified atom stereocenters.